The van der Waals surface area contributed by atoms with Gasteiger partial charge in [0.15, 0.2) is 0 Å². The van der Waals surface area contributed by atoms with Crippen molar-refractivity contribution < 1.29 is 17.1 Å². The molecule has 2 aliphatic heterocycles. The van der Waals surface area contributed by atoms with Crippen molar-refractivity contribution in [2.75, 3.05) is 0 Å². The van der Waals surface area contributed by atoms with Gasteiger partial charge in [0.1, 0.15) is 0 Å². The van der Waals surface area contributed by atoms with Gasteiger partial charge in [-0.05, 0) is 70.8 Å². The fourth-order valence-electron chi connectivity index (χ4n) is 4.07. The van der Waals surface area contributed by atoms with Crippen LogP contribution in [-0.4, -0.2) is 12.4 Å². The Morgan fingerprint density at radius 1 is 0.590 bits per heavy atom. The molecule has 6 rings (SSSR count). The van der Waals surface area contributed by atoms with Crippen LogP contribution in [0.3, 0.4) is 0 Å². The number of aliphatic imine (C=N–C) groups is 2. The van der Waals surface area contributed by atoms with Gasteiger partial charge in [-0.1, -0.05) is 48.5 Å². The first-order chi connectivity index (χ1) is 18.8. The van der Waals surface area contributed by atoms with Crippen molar-refractivity contribution in [2.45, 2.75) is 0 Å². The molecule has 2 aromatic carbocycles. The third kappa shape index (κ3) is 6.21. The van der Waals surface area contributed by atoms with E-state index in [2.05, 4.69) is 32.1 Å². The minimum absolute atomic E-state index is 0. The second-order valence-corrected chi connectivity index (χ2v) is 8.22. The van der Waals surface area contributed by atoms with E-state index in [0.717, 1.165) is 45.1 Å². The largest absolute Gasteiger partial charge is 2.00 e. The molecular formula is C32H20CuN6. The minimum atomic E-state index is 0. The third-order valence-electron chi connectivity index (χ3n) is 5.85. The predicted octanol–water partition coefficient (Wildman–Crippen LogP) is 5.83. The van der Waals surface area contributed by atoms with Crippen LogP contribution < -0.4 is 9.97 Å². The second-order valence-electron chi connectivity index (χ2n) is 8.22. The molecule has 0 aliphatic carbocycles. The van der Waals surface area contributed by atoms with Crippen LogP contribution >= 0.6 is 0 Å². The molecule has 0 spiro atoms. The van der Waals surface area contributed by atoms with Gasteiger partial charge >= 0.3 is 17.1 Å². The smallest absolute Gasteiger partial charge is 0.664 e. The van der Waals surface area contributed by atoms with E-state index in [9.17, 15) is 0 Å². The molecule has 4 heterocycles. The maximum Gasteiger partial charge on any atom is 2.00 e. The fraction of sp³-hybridized carbons (Fsp3) is 0. The van der Waals surface area contributed by atoms with Gasteiger partial charge in [0, 0.05) is 12.4 Å². The van der Waals surface area contributed by atoms with Crippen LogP contribution in [0.25, 0.3) is 11.1 Å². The summed E-state index contributed by atoms with van der Waals surface area (Å²) in [5.74, 6) is 0. The number of nitrogens with zero attached hydrogens (tertiary/aromatic N) is 6. The summed E-state index contributed by atoms with van der Waals surface area (Å²) in [5.41, 5.74) is 8.86. The molecule has 39 heavy (non-hydrogen) atoms. The molecule has 0 amide bonds. The number of benzene rings is 2. The summed E-state index contributed by atoms with van der Waals surface area (Å²) < 4.78 is 0. The average Bonchev–Trinajstić information content (AvgIpc) is 3.79. The van der Waals surface area contributed by atoms with E-state index < -0.39 is 0 Å². The maximum absolute atomic E-state index is 8.85. The molecule has 2 aliphatic rings. The first kappa shape index (κ1) is 26.9. The third-order valence-corrected chi connectivity index (χ3v) is 5.85. The van der Waals surface area contributed by atoms with Crippen molar-refractivity contribution in [1.82, 2.24) is 9.97 Å². The number of aromatic nitrogens is 2. The predicted molar refractivity (Wildman–Crippen MR) is 149 cm³/mol. The molecule has 0 fully saturated rings. The molecule has 4 aromatic rings. The molecule has 6 nitrogen and oxygen atoms in total. The molecule has 1 radical (unpaired) electrons. The Labute approximate surface area is 237 Å². The molecule has 0 saturated carbocycles. The van der Waals surface area contributed by atoms with Crippen molar-refractivity contribution in [3.8, 4) is 12.1 Å². The van der Waals surface area contributed by atoms with E-state index >= 15 is 0 Å². The zero-order valence-corrected chi connectivity index (χ0v) is 21.5. The molecule has 189 valence electrons. The van der Waals surface area contributed by atoms with Gasteiger partial charge in [0.2, 0.25) is 0 Å². The van der Waals surface area contributed by atoms with Crippen LogP contribution in [0.2, 0.25) is 0 Å². The maximum atomic E-state index is 8.85. The van der Waals surface area contributed by atoms with Gasteiger partial charge in [-0.2, -0.15) is 22.9 Å². The van der Waals surface area contributed by atoms with Gasteiger partial charge < -0.3 is 9.97 Å². The first-order valence-corrected chi connectivity index (χ1v) is 11.8. The van der Waals surface area contributed by atoms with Crippen LogP contribution in [0.15, 0.2) is 131 Å². The van der Waals surface area contributed by atoms with Crippen molar-refractivity contribution >= 4 is 23.6 Å². The number of nitriles is 2. The zero-order valence-electron chi connectivity index (χ0n) is 20.5. The molecule has 2 aromatic heterocycles. The van der Waals surface area contributed by atoms with E-state index in [0.29, 0.717) is 11.1 Å². The SMILES string of the molecule is N#Cc1ccc(C(=C2C=CC=N2)c2ccc[n-]2)cc1.N#Cc1ccc(C(=C2C=CC=N2)c2ccc[n-]2)cc1.[Cu+2]. The van der Waals surface area contributed by atoms with Gasteiger partial charge in [-0.15, -0.1) is 11.4 Å². The van der Waals surface area contributed by atoms with E-state index in [4.69, 9.17) is 10.5 Å². The Morgan fingerprint density at radius 2 is 1.00 bits per heavy atom. The molecular weight excluding hydrogens is 532 g/mol. The van der Waals surface area contributed by atoms with E-state index in [1.165, 1.54) is 0 Å². The van der Waals surface area contributed by atoms with Gasteiger partial charge in [0.05, 0.1) is 34.7 Å². The average molecular weight is 552 g/mol. The van der Waals surface area contributed by atoms with Crippen LogP contribution in [0.5, 0.6) is 0 Å². The quantitative estimate of drug-likeness (QED) is 0.298. The van der Waals surface area contributed by atoms with Gasteiger partial charge in [0.25, 0.3) is 0 Å². The van der Waals surface area contributed by atoms with Gasteiger partial charge in [-0.25, -0.2) is 0 Å². The Morgan fingerprint density at radius 3 is 1.28 bits per heavy atom. The van der Waals surface area contributed by atoms with Crippen LogP contribution in [0.4, 0.5) is 0 Å². The summed E-state index contributed by atoms with van der Waals surface area (Å²) in [4.78, 5) is 17.4. The summed E-state index contributed by atoms with van der Waals surface area (Å²) >= 11 is 0. The molecule has 0 saturated heterocycles. The Balaban J connectivity index is 0.000000176. The fourth-order valence-corrected chi connectivity index (χ4v) is 4.07. The number of rotatable bonds is 4. The topological polar surface area (TPSA) is 100 Å². The summed E-state index contributed by atoms with van der Waals surface area (Å²) in [5, 5.41) is 17.7. The summed E-state index contributed by atoms with van der Waals surface area (Å²) in [6.45, 7) is 0. The Kier molecular flexibility index (Phi) is 8.85. The Hall–Kier alpha value is -5.20. The van der Waals surface area contributed by atoms with Crippen molar-refractivity contribution in [3.63, 3.8) is 0 Å². The summed E-state index contributed by atoms with van der Waals surface area (Å²) in [7, 11) is 0. The molecule has 0 atom stereocenters. The number of hydrogen-bond donors (Lipinski definition) is 0. The normalized spacial score (nSPS) is 15.1. The molecule has 0 unspecified atom stereocenters. The number of hydrogen-bond acceptors (Lipinski definition) is 4. The Bertz CT molecular complexity index is 1530. The standard InChI is InChI=1S/2C16H10N3.Cu/c2*17-11-12-5-7-13(8-6-12)16(14-3-1-9-18-14)15-4-2-10-19-15;/h2*1-10H;/q2*-1;+2. The van der Waals surface area contributed by atoms with Crippen molar-refractivity contribution in [3.05, 3.63) is 155 Å². The minimum Gasteiger partial charge on any atom is -0.664 e. The van der Waals surface area contributed by atoms with Crippen LogP contribution in [0.1, 0.15) is 33.6 Å². The summed E-state index contributed by atoms with van der Waals surface area (Å²) in [6.07, 6.45) is 14.8. The van der Waals surface area contributed by atoms with Crippen LogP contribution in [-0.2, 0) is 17.1 Å². The molecule has 0 bridgehead atoms. The van der Waals surface area contributed by atoms with E-state index in [-0.39, 0.29) is 17.1 Å². The monoisotopic (exact) mass is 551 g/mol. The number of allylic oxidation sites excluding steroid dienone is 4. The second kappa shape index (κ2) is 12.9. The van der Waals surface area contributed by atoms with E-state index in [1.54, 1.807) is 49.1 Å². The summed E-state index contributed by atoms with van der Waals surface area (Å²) in [6, 6.07) is 26.9. The van der Waals surface area contributed by atoms with Crippen LogP contribution in [0, 0.1) is 22.7 Å². The van der Waals surface area contributed by atoms with E-state index in [1.807, 2.05) is 72.8 Å². The first-order valence-electron chi connectivity index (χ1n) is 11.8. The van der Waals surface area contributed by atoms with Crippen molar-refractivity contribution in [2.24, 2.45) is 9.98 Å². The molecule has 0 N–H and O–H groups in total. The van der Waals surface area contributed by atoms with Gasteiger partial charge in [-0.3, -0.25) is 9.98 Å². The molecule has 7 heteroatoms. The zero-order chi connectivity index (χ0) is 26.2. The van der Waals surface area contributed by atoms with Crippen molar-refractivity contribution in [1.29, 1.82) is 10.5 Å².